The summed E-state index contributed by atoms with van der Waals surface area (Å²) in [7, 11) is 1.78. The second kappa shape index (κ2) is 5.48. The van der Waals surface area contributed by atoms with Crippen LogP contribution < -0.4 is 5.32 Å². The van der Waals surface area contributed by atoms with Crippen LogP contribution in [0.5, 0.6) is 0 Å². The summed E-state index contributed by atoms with van der Waals surface area (Å²) in [6.45, 7) is 6.21. The number of nitrogens with one attached hydrogen (secondary N) is 1. The maximum Gasteiger partial charge on any atom is 0.0538 e. The zero-order valence-corrected chi connectivity index (χ0v) is 10.6. The lowest BCUT2D eigenvalue weighted by molar-refractivity contribution is 0.0859. The number of hydrogen-bond donors (Lipinski definition) is 1. The molecule has 3 heteroatoms. The van der Waals surface area contributed by atoms with Crippen molar-refractivity contribution >= 4 is 0 Å². The van der Waals surface area contributed by atoms with Crippen molar-refractivity contribution in [3.63, 3.8) is 0 Å². The van der Waals surface area contributed by atoms with E-state index in [2.05, 4.69) is 12.2 Å². The molecule has 16 heavy (non-hydrogen) atoms. The Hall–Kier alpha value is -0.120. The van der Waals surface area contributed by atoms with E-state index in [1.165, 1.54) is 19.3 Å². The Bertz CT molecular complexity index is 210. The highest BCUT2D eigenvalue weighted by atomic mass is 16.5. The minimum Gasteiger partial charge on any atom is -0.385 e. The predicted molar refractivity (Wildman–Crippen MR) is 64.6 cm³/mol. The Morgan fingerprint density at radius 2 is 2.31 bits per heavy atom. The van der Waals surface area contributed by atoms with E-state index in [0.29, 0.717) is 11.3 Å². The maximum atomic E-state index is 5.63. The van der Waals surface area contributed by atoms with Gasteiger partial charge >= 0.3 is 0 Å². The monoisotopic (exact) mass is 227 g/mol. The molecule has 2 aliphatic rings. The zero-order valence-electron chi connectivity index (χ0n) is 10.6. The molecule has 2 rings (SSSR count). The molecule has 0 aromatic rings. The summed E-state index contributed by atoms with van der Waals surface area (Å²) >= 11 is 0. The molecule has 0 aromatic heterocycles. The van der Waals surface area contributed by atoms with E-state index in [0.717, 1.165) is 38.8 Å². The average Bonchev–Trinajstić information content (AvgIpc) is 3.01. The molecule has 0 bridgehead atoms. The van der Waals surface area contributed by atoms with Gasteiger partial charge in [-0.15, -0.1) is 0 Å². The number of rotatable bonds is 7. The molecule has 1 aliphatic heterocycles. The first kappa shape index (κ1) is 12.3. The van der Waals surface area contributed by atoms with E-state index in [4.69, 9.17) is 9.47 Å². The number of methoxy groups -OCH3 is 1. The third kappa shape index (κ3) is 2.96. The molecule has 1 heterocycles. The highest BCUT2D eigenvalue weighted by Crippen LogP contribution is 2.38. The lowest BCUT2D eigenvalue weighted by atomic mass is 9.74. The average molecular weight is 227 g/mol. The zero-order chi connectivity index (χ0) is 11.4. The molecule has 2 unspecified atom stereocenters. The lowest BCUT2D eigenvalue weighted by Gasteiger charge is -2.34. The van der Waals surface area contributed by atoms with Gasteiger partial charge < -0.3 is 14.8 Å². The van der Waals surface area contributed by atoms with Crippen LogP contribution >= 0.6 is 0 Å². The van der Waals surface area contributed by atoms with Crippen LogP contribution in [0.3, 0.4) is 0 Å². The van der Waals surface area contributed by atoms with Crippen molar-refractivity contribution < 1.29 is 9.47 Å². The molecule has 0 amide bonds. The highest BCUT2D eigenvalue weighted by Gasteiger charge is 2.40. The quantitative estimate of drug-likeness (QED) is 0.719. The predicted octanol–water partition coefficient (Wildman–Crippen LogP) is 1.82. The van der Waals surface area contributed by atoms with E-state index in [-0.39, 0.29) is 0 Å². The van der Waals surface area contributed by atoms with Crippen molar-refractivity contribution in [2.75, 3.05) is 33.5 Å². The van der Waals surface area contributed by atoms with Crippen molar-refractivity contribution in [1.82, 2.24) is 5.32 Å². The number of ether oxygens (including phenoxy) is 2. The second-order valence-electron chi connectivity index (χ2n) is 5.50. The summed E-state index contributed by atoms with van der Waals surface area (Å²) in [6, 6.07) is 0.798. The maximum absolute atomic E-state index is 5.63. The van der Waals surface area contributed by atoms with E-state index >= 15 is 0 Å². The second-order valence-corrected chi connectivity index (χ2v) is 5.50. The third-order valence-corrected chi connectivity index (χ3v) is 4.25. The van der Waals surface area contributed by atoms with Gasteiger partial charge in [0.1, 0.15) is 0 Å². The van der Waals surface area contributed by atoms with Crippen LogP contribution in [0, 0.1) is 11.3 Å². The van der Waals surface area contributed by atoms with Gasteiger partial charge in [-0.3, -0.25) is 0 Å². The Morgan fingerprint density at radius 1 is 1.50 bits per heavy atom. The molecule has 94 valence electrons. The lowest BCUT2D eigenvalue weighted by Crippen LogP contribution is -2.41. The van der Waals surface area contributed by atoms with E-state index in [1.54, 1.807) is 7.11 Å². The van der Waals surface area contributed by atoms with Crippen LogP contribution in [-0.2, 0) is 9.47 Å². The summed E-state index contributed by atoms with van der Waals surface area (Å²) < 4.78 is 10.8. The van der Waals surface area contributed by atoms with E-state index < -0.39 is 0 Å². The van der Waals surface area contributed by atoms with Crippen LogP contribution in [0.2, 0.25) is 0 Å². The molecule has 1 saturated carbocycles. The molecular formula is C13H25NO2. The minimum absolute atomic E-state index is 0.362. The van der Waals surface area contributed by atoms with Crippen LogP contribution in [-0.4, -0.2) is 39.5 Å². The molecule has 2 atom stereocenters. The molecule has 2 fully saturated rings. The van der Waals surface area contributed by atoms with Gasteiger partial charge in [-0.1, -0.05) is 6.92 Å². The Labute approximate surface area is 98.9 Å². The highest BCUT2D eigenvalue weighted by molar-refractivity contribution is 4.92. The van der Waals surface area contributed by atoms with Gasteiger partial charge in [0.15, 0.2) is 0 Å². The van der Waals surface area contributed by atoms with Crippen molar-refractivity contribution in [3.05, 3.63) is 0 Å². The molecule has 1 saturated heterocycles. The summed E-state index contributed by atoms with van der Waals surface area (Å²) in [5.74, 6) is 0.682. The molecule has 0 aromatic carbocycles. The molecule has 3 nitrogen and oxygen atoms in total. The van der Waals surface area contributed by atoms with E-state index in [1.807, 2.05) is 0 Å². The third-order valence-electron chi connectivity index (χ3n) is 4.25. The fraction of sp³-hybridized carbons (Fsp3) is 1.00. The molecule has 0 radical (unpaired) electrons. The van der Waals surface area contributed by atoms with Gasteiger partial charge in [-0.05, 0) is 31.6 Å². The normalized spacial score (nSPS) is 31.9. The molecular weight excluding hydrogens is 202 g/mol. The van der Waals surface area contributed by atoms with Crippen LogP contribution in [0.4, 0.5) is 0 Å². The largest absolute Gasteiger partial charge is 0.385 e. The summed E-state index contributed by atoms with van der Waals surface area (Å²) in [6.07, 6.45) is 5.08. The molecule has 1 N–H and O–H groups in total. The fourth-order valence-electron chi connectivity index (χ4n) is 2.56. The standard InChI is InChI=1S/C13H25NO2/c1-11(5-7-15-2)13(6-8-16-10-13)9-14-12-3-4-12/h11-12,14H,3-10H2,1-2H3. The van der Waals surface area contributed by atoms with Crippen LogP contribution in [0.25, 0.3) is 0 Å². The van der Waals surface area contributed by atoms with Crippen molar-refractivity contribution in [1.29, 1.82) is 0 Å². The Kier molecular flexibility index (Phi) is 4.22. The topological polar surface area (TPSA) is 30.5 Å². The summed E-state index contributed by atoms with van der Waals surface area (Å²) in [5.41, 5.74) is 0.362. The van der Waals surface area contributed by atoms with Crippen LogP contribution in [0.15, 0.2) is 0 Å². The van der Waals surface area contributed by atoms with Gasteiger partial charge in [-0.25, -0.2) is 0 Å². The Balaban J connectivity index is 1.85. The van der Waals surface area contributed by atoms with Crippen molar-refractivity contribution in [2.24, 2.45) is 11.3 Å². The summed E-state index contributed by atoms with van der Waals surface area (Å²) in [5, 5.41) is 3.68. The van der Waals surface area contributed by atoms with E-state index in [9.17, 15) is 0 Å². The molecule has 0 spiro atoms. The molecule has 1 aliphatic carbocycles. The van der Waals surface area contributed by atoms with Gasteiger partial charge in [0.05, 0.1) is 6.61 Å². The first-order chi connectivity index (χ1) is 7.77. The van der Waals surface area contributed by atoms with Gasteiger partial charge in [0, 0.05) is 38.3 Å². The fourth-order valence-corrected chi connectivity index (χ4v) is 2.56. The SMILES string of the molecule is COCCC(C)C1(CNC2CC2)CCOC1. The number of hydrogen-bond acceptors (Lipinski definition) is 3. The van der Waals surface area contributed by atoms with Gasteiger partial charge in [-0.2, -0.15) is 0 Å². The Morgan fingerprint density at radius 3 is 2.88 bits per heavy atom. The van der Waals surface area contributed by atoms with Gasteiger partial charge in [0.25, 0.3) is 0 Å². The smallest absolute Gasteiger partial charge is 0.0538 e. The van der Waals surface area contributed by atoms with Crippen molar-refractivity contribution in [2.45, 2.75) is 38.6 Å². The van der Waals surface area contributed by atoms with Crippen LogP contribution in [0.1, 0.15) is 32.6 Å². The van der Waals surface area contributed by atoms with Crippen molar-refractivity contribution in [3.8, 4) is 0 Å². The van der Waals surface area contributed by atoms with Gasteiger partial charge in [0.2, 0.25) is 0 Å². The first-order valence-corrected chi connectivity index (χ1v) is 6.57. The first-order valence-electron chi connectivity index (χ1n) is 6.57. The summed E-state index contributed by atoms with van der Waals surface area (Å²) in [4.78, 5) is 0. The minimum atomic E-state index is 0.362.